The van der Waals surface area contributed by atoms with E-state index in [4.69, 9.17) is 18.9 Å². The van der Waals surface area contributed by atoms with Crippen molar-refractivity contribution in [3.8, 4) is 0 Å². The molecule has 2 heterocycles. The van der Waals surface area contributed by atoms with Gasteiger partial charge in [-0.15, -0.1) is 0 Å². The number of ether oxygens (including phenoxy) is 4. The fraction of sp³-hybridized carbons (Fsp3) is 0.857. The standard InChI is InChI=1S/C14H25NO4.C13H23NO4.CH4/c1-6-10-7-8-11(12(16)18-5)15(9-10)13(17)19-14(2,3)4;1-9-6-7-10(11(15)17-5)14(8-9)12(16)18-13(2,3)4;/h10-11H,6-9H2,1-5H3;9-10H,6-8H2,1-5H3;1H4/t10-,11+;9-,10+;/m11./s1. The Morgan fingerprint density at radius 3 is 1.47 bits per heavy atom. The van der Waals surface area contributed by atoms with Gasteiger partial charge in [-0.25, -0.2) is 19.2 Å². The molecule has 4 atom stereocenters. The molecule has 0 bridgehead atoms. The fourth-order valence-corrected chi connectivity index (χ4v) is 4.34. The Hall–Kier alpha value is -2.52. The Balaban J connectivity index is 0.000000703. The lowest BCUT2D eigenvalue weighted by molar-refractivity contribution is -0.149. The highest BCUT2D eigenvalue weighted by molar-refractivity contribution is 5.82. The van der Waals surface area contributed by atoms with E-state index in [2.05, 4.69) is 13.8 Å². The molecule has 2 aliphatic heterocycles. The van der Waals surface area contributed by atoms with Crippen molar-refractivity contribution in [2.45, 2.75) is 118 Å². The summed E-state index contributed by atoms with van der Waals surface area (Å²) in [6.07, 6.45) is 3.25. The lowest BCUT2D eigenvalue weighted by Gasteiger charge is -2.38. The number of carbonyl (C=O) groups is 4. The Kier molecular flexibility index (Phi) is 14.2. The number of likely N-dealkylation sites (tertiary alicyclic amines) is 2. The first-order valence-electron chi connectivity index (χ1n) is 13.2. The summed E-state index contributed by atoms with van der Waals surface area (Å²) in [7, 11) is 2.69. The second-order valence-corrected chi connectivity index (χ2v) is 11.9. The Morgan fingerprint density at radius 2 is 1.11 bits per heavy atom. The lowest BCUT2D eigenvalue weighted by Crippen LogP contribution is -2.52. The zero-order chi connectivity index (χ0) is 28.6. The minimum Gasteiger partial charge on any atom is -0.467 e. The van der Waals surface area contributed by atoms with E-state index >= 15 is 0 Å². The van der Waals surface area contributed by atoms with Gasteiger partial charge in [0.05, 0.1) is 14.2 Å². The molecule has 10 heteroatoms. The predicted octanol–water partition coefficient (Wildman–Crippen LogP) is 5.42. The van der Waals surface area contributed by atoms with Gasteiger partial charge < -0.3 is 18.9 Å². The summed E-state index contributed by atoms with van der Waals surface area (Å²) in [5.41, 5.74) is -1.12. The average molecular weight is 545 g/mol. The quantitative estimate of drug-likeness (QED) is 0.342. The molecule has 0 N–H and O–H groups in total. The lowest BCUT2D eigenvalue weighted by atomic mass is 9.91. The van der Waals surface area contributed by atoms with Crippen LogP contribution in [0.3, 0.4) is 0 Å². The van der Waals surface area contributed by atoms with Crippen LogP contribution in [0.25, 0.3) is 0 Å². The number of methoxy groups -OCH3 is 2. The van der Waals surface area contributed by atoms with Crippen molar-refractivity contribution in [3.05, 3.63) is 0 Å². The largest absolute Gasteiger partial charge is 0.467 e. The van der Waals surface area contributed by atoms with Gasteiger partial charge in [-0.05, 0) is 79.1 Å². The van der Waals surface area contributed by atoms with Crippen LogP contribution in [-0.2, 0) is 28.5 Å². The second kappa shape index (κ2) is 15.2. The van der Waals surface area contributed by atoms with Crippen molar-refractivity contribution in [2.24, 2.45) is 11.8 Å². The smallest absolute Gasteiger partial charge is 0.411 e. The van der Waals surface area contributed by atoms with Crippen LogP contribution >= 0.6 is 0 Å². The number of esters is 2. The highest BCUT2D eigenvalue weighted by Gasteiger charge is 2.39. The number of hydrogen-bond donors (Lipinski definition) is 0. The summed E-state index contributed by atoms with van der Waals surface area (Å²) in [5, 5.41) is 0. The SMILES string of the molecule is C.CC[C@@H]1CC[C@@H](C(=O)OC)N(C(=O)OC(C)(C)C)C1.COC(=O)[C@@H]1CC[C@@H](C)CN1C(=O)OC(C)(C)C. The third-order valence-corrected chi connectivity index (χ3v) is 6.28. The molecule has 0 aromatic carbocycles. The molecule has 2 amide bonds. The van der Waals surface area contributed by atoms with Gasteiger partial charge in [0.2, 0.25) is 0 Å². The van der Waals surface area contributed by atoms with E-state index in [1.165, 1.54) is 24.0 Å². The van der Waals surface area contributed by atoms with Crippen LogP contribution in [0.1, 0.15) is 94.9 Å². The molecule has 2 saturated heterocycles. The first-order chi connectivity index (χ1) is 17.0. The van der Waals surface area contributed by atoms with E-state index in [1.54, 1.807) is 0 Å². The zero-order valence-electron chi connectivity index (χ0n) is 24.4. The molecule has 222 valence electrons. The van der Waals surface area contributed by atoms with Crippen LogP contribution in [-0.4, -0.2) is 84.5 Å². The average Bonchev–Trinajstić information content (AvgIpc) is 2.80. The van der Waals surface area contributed by atoms with Crippen molar-refractivity contribution in [3.63, 3.8) is 0 Å². The summed E-state index contributed by atoms with van der Waals surface area (Å²) >= 11 is 0. The molecular formula is C28H52N2O8. The number of nitrogens with zero attached hydrogens (tertiary/aromatic N) is 2. The predicted molar refractivity (Wildman–Crippen MR) is 146 cm³/mol. The minimum absolute atomic E-state index is 0. The summed E-state index contributed by atoms with van der Waals surface area (Å²) in [6.45, 7) is 16.1. The maximum absolute atomic E-state index is 12.2. The van der Waals surface area contributed by atoms with Crippen LogP contribution in [0.15, 0.2) is 0 Å². The molecule has 10 nitrogen and oxygen atoms in total. The minimum atomic E-state index is -0.559. The van der Waals surface area contributed by atoms with Gasteiger partial charge in [0, 0.05) is 13.1 Å². The first-order valence-corrected chi connectivity index (χ1v) is 13.2. The highest BCUT2D eigenvalue weighted by Crippen LogP contribution is 2.27. The van der Waals surface area contributed by atoms with E-state index in [-0.39, 0.29) is 19.4 Å². The number of rotatable bonds is 3. The van der Waals surface area contributed by atoms with Gasteiger partial charge in [-0.1, -0.05) is 27.7 Å². The van der Waals surface area contributed by atoms with E-state index in [1.807, 2.05) is 41.5 Å². The maximum atomic E-state index is 12.2. The summed E-state index contributed by atoms with van der Waals surface area (Å²) in [4.78, 5) is 50.8. The fourth-order valence-electron chi connectivity index (χ4n) is 4.34. The zero-order valence-corrected chi connectivity index (χ0v) is 24.4. The van der Waals surface area contributed by atoms with Crippen molar-refractivity contribution >= 4 is 24.1 Å². The summed E-state index contributed by atoms with van der Waals surface area (Å²) < 4.78 is 20.2. The van der Waals surface area contributed by atoms with Crippen molar-refractivity contribution in [1.82, 2.24) is 9.80 Å². The molecule has 0 radical (unpaired) electrons. The van der Waals surface area contributed by atoms with Gasteiger partial charge in [-0.3, -0.25) is 9.80 Å². The van der Waals surface area contributed by atoms with E-state index in [0.29, 0.717) is 37.8 Å². The molecule has 0 aromatic heterocycles. The Morgan fingerprint density at radius 1 is 0.711 bits per heavy atom. The first kappa shape index (κ1) is 35.5. The molecule has 0 unspecified atom stereocenters. The van der Waals surface area contributed by atoms with Gasteiger partial charge in [0.15, 0.2) is 0 Å². The molecule has 2 rings (SSSR count). The Labute approximate surface area is 229 Å². The molecule has 2 aliphatic rings. The molecule has 0 saturated carbocycles. The number of carbonyl (C=O) groups excluding carboxylic acids is 4. The van der Waals surface area contributed by atoms with Crippen LogP contribution in [0.2, 0.25) is 0 Å². The summed E-state index contributed by atoms with van der Waals surface area (Å²) in [5.74, 6) is 0.0695. The van der Waals surface area contributed by atoms with Crippen LogP contribution in [0.5, 0.6) is 0 Å². The van der Waals surface area contributed by atoms with Crippen LogP contribution < -0.4 is 0 Å². The Bertz CT molecular complexity index is 787. The number of hydrogen-bond acceptors (Lipinski definition) is 8. The van der Waals surface area contributed by atoms with E-state index in [0.717, 1.165) is 19.3 Å². The third-order valence-electron chi connectivity index (χ3n) is 6.28. The topological polar surface area (TPSA) is 112 Å². The highest BCUT2D eigenvalue weighted by atomic mass is 16.6. The second-order valence-electron chi connectivity index (χ2n) is 11.9. The number of piperidine rings is 2. The molecule has 0 aromatic rings. The van der Waals surface area contributed by atoms with Gasteiger partial charge in [-0.2, -0.15) is 0 Å². The van der Waals surface area contributed by atoms with E-state index in [9.17, 15) is 19.2 Å². The summed E-state index contributed by atoms with van der Waals surface area (Å²) in [6, 6.07) is -1.02. The van der Waals surface area contributed by atoms with Crippen molar-refractivity contribution in [1.29, 1.82) is 0 Å². The molecule has 38 heavy (non-hydrogen) atoms. The molecule has 0 spiro atoms. The van der Waals surface area contributed by atoms with Gasteiger partial charge in [0.1, 0.15) is 23.3 Å². The molecular weight excluding hydrogens is 492 g/mol. The number of amides is 2. The van der Waals surface area contributed by atoms with Crippen molar-refractivity contribution < 1.29 is 38.1 Å². The van der Waals surface area contributed by atoms with Crippen molar-refractivity contribution in [2.75, 3.05) is 27.3 Å². The normalized spacial score (nSPS) is 23.6. The van der Waals surface area contributed by atoms with Gasteiger partial charge in [0.25, 0.3) is 0 Å². The molecule has 0 aliphatic carbocycles. The van der Waals surface area contributed by atoms with Crippen LogP contribution in [0, 0.1) is 11.8 Å². The maximum Gasteiger partial charge on any atom is 0.411 e. The third kappa shape index (κ3) is 11.5. The molecule has 2 fully saturated rings. The monoisotopic (exact) mass is 544 g/mol. The van der Waals surface area contributed by atoms with Gasteiger partial charge >= 0.3 is 24.1 Å². The van der Waals surface area contributed by atoms with Crippen LogP contribution in [0.4, 0.5) is 9.59 Å². The van der Waals surface area contributed by atoms with E-state index < -0.39 is 35.5 Å².